The fourth-order valence-electron chi connectivity index (χ4n) is 3.53. The van der Waals surface area contributed by atoms with E-state index < -0.39 is 0 Å². The zero-order valence-electron chi connectivity index (χ0n) is 14.2. The van der Waals surface area contributed by atoms with E-state index >= 15 is 0 Å². The summed E-state index contributed by atoms with van der Waals surface area (Å²) in [6.07, 6.45) is 1.25. The minimum absolute atomic E-state index is 0.134. The molecule has 2 aliphatic rings. The van der Waals surface area contributed by atoms with Gasteiger partial charge in [0.1, 0.15) is 12.4 Å². The number of furan rings is 1. The maximum atomic E-state index is 12.7. The van der Waals surface area contributed by atoms with Crippen molar-refractivity contribution in [2.24, 2.45) is 0 Å². The molecule has 0 N–H and O–H groups in total. The molecule has 6 nitrogen and oxygen atoms in total. The van der Waals surface area contributed by atoms with E-state index in [0.717, 1.165) is 18.4 Å². The van der Waals surface area contributed by atoms with Crippen molar-refractivity contribution in [1.82, 2.24) is 9.80 Å². The molecule has 1 aromatic heterocycles. The number of halogens is 1. The van der Waals surface area contributed by atoms with Gasteiger partial charge in [-0.15, -0.1) is 0 Å². The van der Waals surface area contributed by atoms with Crippen molar-refractivity contribution in [1.29, 1.82) is 0 Å². The molecule has 3 heterocycles. The SMILES string of the molecule is O=C(c1ccc(-c2ccccc2Cl)o1)N1CCC(N2CCOC2=O)CC1. The summed E-state index contributed by atoms with van der Waals surface area (Å²) in [6, 6.07) is 11.0. The van der Waals surface area contributed by atoms with Crippen molar-refractivity contribution in [2.75, 3.05) is 26.2 Å². The first-order valence-electron chi connectivity index (χ1n) is 8.71. The van der Waals surface area contributed by atoms with Gasteiger partial charge >= 0.3 is 6.09 Å². The second-order valence-corrected chi connectivity index (χ2v) is 6.88. The number of benzene rings is 1. The smallest absolute Gasteiger partial charge is 0.410 e. The third kappa shape index (κ3) is 3.17. The highest BCUT2D eigenvalue weighted by Gasteiger charge is 2.34. The van der Waals surface area contributed by atoms with Gasteiger partial charge in [0.2, 0.25) is 0 Å². The molecule has 2 saturated heterocycles. The van der Waals surface area contributed by atoms with Gasteiger partial charge in [0.05, 0.1) is 11.6 Å². The Morgan fingerprint density at radius 2 is 1.85 bits per heavy atom. The van der Waals surface area contributed by atoms with Gasteiger partial charge in [0.15, 0.2) is 5.76 Å². The average Bonchev–Trinajstić information content (AvgIpc) is 3.31. The fourth-order valence-corrected chi connectivity index (χ4v) is 3.76. The van der Waals surface area contributed by atoms with Gasteiger partial charge in [-0.2, -0.15) is 0 Å². The van der Waals surface area contributed by atoms with Gasteiger partial charge in [-0.3, -0.25) is 4.79 Å². The highest BCUT2D eigenvalue weighted by molar-refractivity contribution is 6.33. The lowest BCUT2D eigenvalue weighted by Gasteiger charge is -2.35. The normalized spacial score (nSPS) is 18.3. The molecule has 0 bridgehead atoms. The maximum absolute atomic E-state index is 12.7. The number of hydrogen-bond donors (Lipinski definition) is 0. The molecule has 7 heteroatoms. The van der Waals surface area contributed by atoms with Crippen molar-refractivity contribution >= 4 is 23.6 Å². The summed E-state index contributed by atoms with van der Waals surface area (Å²) in [4.78, 5) is 27.9. The first-order valence-corrected chi connectivity index (χ1v) is 9.08. The van der Waals surface area contributed by atoms with Crippen molar-refractivity contribution < 1.29 is 18.7 Å². The van der Waals surface area contributed by atoms with Crippen LogP contribution in [-0.4, -0.2) is 54.1 Å². The number of piperidine rings is 1. The first-order chi connectivity index (χ1) is 12.6. The number of carbonyl (C=O) groups is 2. The van der Waals surface area contributed by atoms with Crippen LogP contribution >= 0.6 is 11.6 Å². The number of hydrogen-bond acceptors (Lipinski definition) is 4. The number of amides is 2. The summed E-state index contributed by atoms with van der Waals surface area (Å²) in [5, 5.41) is 0.583. The zero-order chi connectivity index (χ0) is 18.1. The molecule has 0 unspecified atom stereocenters. The minimum atomic E-state index is -0.245. The number of likely N-dealkylation sites (tertiary alicyclic amines) is 1. The lowest BCUT2D eigenvalue weighted by atomic mass is 10.0. The Kier molecular flexibility index (Phi) is 4.59. The Labute approximate surface area is 156 Å². The quantitative estimate of drug-likeness (QED) is 0.822. The standard InChI is InChI=1S/C19H19ClN2O4/c20-15-4-2-1-3-14(15)16-5-6-17(26-16)18(23)21-9-7-13(8-10-21)22-11-12-25-19(22)24/h1-6,13H,7-12H2. The zero-order valence-corrected chi connectivity index (χ0v) is 14.9. The second kappa shape index (κ2) is 7.03. The number of cyclic esters (lactones) is 1. The molecule has 2 aliphatic heterocycles. The van der Waals surface area contributed by atoms with E-state index in [4.69, 9.17) is 20.8 Å². The van der Waals surface area contributed by atoms with E-state index in [1.807, 2.05) is 18.2 Å². The second-order valence-electron chi connectivity index (χ2n) is 6.47. The van der Waals surface area contributed by atoms with E-state index in [9.17, 15) is 9.59 Å². The van der Waals surface area contributed by atoms with E-state index in [2.05, 4.69) is 0 Å². The lowest BCUT2D eigenvalue weighted by molar-refractivity contribution is 0.0629. The van der Waals surface area contributed by atoms with E-state index in [-0.39, 0.29) is 18.0 Å². The van der Waals surface area contributed by atoms with Crippen LogP contribution in [0, 0.1) is 0 Å². The summed E-state index contributed by atoms with van der Waals surface area (Å²) in [5.74, 6) is 0.748. The molecule has 2 amide bonds. The van der Waals surface area contributed by atoms with E-state index in [1.165, 1.54) is 0 Å². The van der Waals surface area contributed by atoms with Gasteiger partial charge in [-0.05, 0) is 37.1 Å². The topological polar surface area (TPSA) is 63.0 Å². The molecule has 2 fully saturated rings. The number of ether oxygens (including phenoxy) is 1. The molecule has 0 saturated carbocycles. The van der Waals surface area contributed by atoms with Crippen molar-refractivity contribution in [2.45, 2.75) is 18.9 Å². The Morgan fingerprint density at radius 1 is 1.08 bits per heavy atom. The molecular weight excluding hydrogens is 356 g/mol. The molecule has 0 spiro atoms. The molecule has 0 aliphatic carbocycles. The van der Waals surface area contributed by atoms with Gasteiger partial charge in [-0.25, -0.2) is 4.79 Å². The summed E-state index contributed by atoms with van der Waals surface area (Å²) >= 11 is 6.19. The van der Waals surface area contributed by atoms with Crippen molar-refractivity contribution in [3.63, 3.8) is 0 Å². The molecule has 1 aromatic carbocycles. The van der Waals surface area contributed by atoms with Crippen LogP contribution in [0.4, 0.5) is 4.79 Å². The molecule has 0 radical (unpaired) electrons. The van der Waals surface area contributed by atoms with Crippen LogP contribution in [0.25, 0.3) is 11.3 Å². The monoisotopic (exact) mass is 374 g/mol. The summed E-state index contributed by atoms with van der Waals surface area (Å²) in [7, 11) is 0. The minimum Gasteiger partial charge on any atom is -0.451 e. The van der Waals surface area contributed by atoms with Gasteiger partial charge in [-0.1, -0.05) is 23.7 Å². The highest BCUT2D eigenvalue weighted by atomic mass is 35.5. The van der Waals surface area contributed by atoms with Gasteiger partial charge < -0.3 is 19.0 Å². The molecular formula is C19H19ClN2O4. The lowest BCUT2D eigenvalue weighted by Crippen LogP contribution is -2.47. The predicted octanol–water partition coefficient (Wildman–Crippen LogP) is 3.66. The van der Waals surface area contributed by atoms with Crippen LogP contribution in [0.2, 0.25) is 5.02 Å². The summed E-state index contributed by atoms with van der Waals surface area (Å²) in [6.45, 7) is 2.27. The molecule has 0 atom stereocenters. The van der Waals surface area contributed by atoms with Gasteiger partial charge in [0.25, 0.3) is 5.91 Å². The summed E-state index contributed by atoms with van der Waals surface area (Å²) in [5.41, 5.74) is 0.763. The van der Waals surface area contributed by atoms with Crippen LogP contribution < -0.4 is 0 Å². The largest absolute Gasteiger partial charge is 0.451 e. The summed E-state index contributed by atoms with van der Waals surface area (Å²) < 4.78 is 10.7. The first kappa shape index (κ1) is 17.0. The average molecular weight is 375 g/mol. The van der Waals surface area contributed by atoms with E-state index in [1.54, 1.807) is 28.0 Å². The number of nitrogens with zero attached hydrogens (tertiary/aromatic N) is 2. The molecule has 26 heavy (non-hydrogen) atoms. The number of carbonyl (C=O) groups excluding carboxylic acids is 2. The van der Waals surface area contributed by atoms with Crippen LogP contribution in [0.3, 0.4) is 0 Å². The maximum Gasteiger partial charge on any atom is 0.410 e. The van der Waals surface area contributed by atoms with Crippen molar-refractivity contribution in [3.05, 3.63) is 47.2 Å². The number of rotatable bonds is 3. The van der Waals surface area contributed by atoms with Crippen molar-refractivity contribution in [3.8, 4) is 11.3 Å². The molecule has 2 aromatic rings. The highest BCUT2D eigenvalue weighted by Crippen LogP contribution is 2.30. The Balaban J connectivity index is 1.41. The third-order valence-corrected chi connectivity index (χ3v) is 5.27. The van der Waals surface area contributed by atoms with Crippen LogP contribution in [0.5, 0.6) is 0 Å². The van der Waals surface area contributed by atoms with Crippen LogP contribution in [0.1, 0.15) is 23.4 Å². The van der Waals surface area contributed by atoms with Crippen LogP contribution in [0.15, 0.2) is 40.8 Å². The Morgan fingerprint density at radius 3 is 2.54 bits per heavy atom. The molecule has 4 rings (SSSR count). The predicted molar refractivity (Wildman–Crippen MR) is 96.1 cm³/mol. The Bertz CT molecular complexity index is 826. The Hall–Kier alpha value is -2.47. The third-order valence-electron chi connectivity index (χ3n) is 4.94. The van der Waals surface area contributed by atoms with Crippen LogP contribution in [-0.2, 0) is 4.74 Å². The fraction of sp³-hybridized carbons (Fsp3) is 0.368. The van der Waals surface area contributed by atoms with Gasteiger partial charge in [0, 0.05) is 24.7 Å². The van der Waals surface area contributed by atoms with E-state index in [0.29, 0.717) is 42.8 Å². The molecule has 136 valence electrons.